The van der Waals surface area contributed by atoms with E-state index in [0.29, 0.717) is 0 Å². The van der Waals surface area contributed by atoms with Gasteiger partial charge in [0, 0.05) is 0 Å². The monoisotopic (exact) mass is 136 g/mol. The summed E-state index contributed by atoms with van der Waals surface area (Å²) in [6.07, 6.45) is 11.6. The van der Waals surface area contributed by atoms with Gasteiger partial charge in [-0.2, -0.15) is 0 Å². The van der Waals surface area contributed by atoms with Gasteiger partial charge in [0.2, 0.25) is 0 Å². The molecular weight excluding hydrogens is 120 g/mol. The van der Waals surface area contributed by atoms with Crippen LogP contribution in [0.2, 0.25) is 0 Å². The van der Waals surface area contributed by atoms with Crippen LogP contribution in [-0.2, 0) is 0 Å². The Bertz CT molecular complexity index is 147. The molecule has 0 aliphatic heterocycles. The molecule has 10 heavy (non-hydrogen) atoms. The third-order valence-corrected chi connectivity index (χ3v) is 1.25. The van der Waals surface area contributed by atoms with Crippen molar-refractivity contribution in [2.24, 2.45) is 0 Å². The van der Waals surface area contributed by atoms with E-state index in [1.54, 1.807) is 0 Å². The summed E-state index contributed by atoms with van der Waals surface area (Å²) >= 11 is 0. The van der Waals surface area contributed by atoms with Crippen molar-refractivity contribution in [1.82, 2.24) is 0 Å². The highest BCUT2D eigenvalue weighted by molar-refractivity contribution is 5.12. The number of hydrogen-bond acceptors (Lipinski definition) is 0. The van der Waals surface area contributed by atoms with E-state index >= 15 is 0 Å². The molecule has 0 nitrogen and oxygen atoms in total. The Balaban J connectivity index is 3.70. The smallest absolute Gasteiger partial charge is 0.0139 e. The van der Waals surface area contributed by atoms with Crippen molar-refractivity contribution in [2.75, 3.05) is 0 Å². The zero-order chi connectivity index (χ0) is 7.82. The molecule has 0 bridgehead atoms. The Morgan fingerprint density at radius 1 is 1.20 bits per heavy atom. The van der Waals surface area contributed by atoms with E-state index < -0.39 is 0 Å². The third kappa shape index (κ3) is 5.36. The number of allylic oxidation sites excluding steroid dienone is 6. The van der Waals surface area contributed by atoms with Gasteiger partial charge in [-0.3, -0.25) is 0 Å². The highest BCUT2D eigenvalue weighted by Crippen LogP contribution is 2.00. The average molecular weight is 136 g/mol. The Labute approximate surface area is 64.0 Å². The van der Waals surface area contributed by atoms with Gasteiger partial charge < -0.3 is 0 Å². The van der Waals surface area contributed by atoms with Gasteiger partial charge in [0.15, 0.2) is 0 Å². The minimum atomic E-state index is 1.07. The summed E-state index contributed by atoms with van der Waals surface area (Å²) < 4.78 is 0. The third-order valence-electron chi connectivity index (χ3n) is 1.25. The predicted octanol–water partition coefficient (Wildman–Crippen LogP) is 3.48. The van der Waals surface area contributed by atoms with E-state index in [-0.39, 0.29) is 0 Å². The van der Waals surface area contributed by atoms with Crippen LogP contribution in [0, 0.1) is 0 Å². The molecule has 0 aromatic carbocycles. The molecule has 0 radical (unpaired) electrons. The quantitative estimate of drug-likeness (QED) is 0.411. The van der Waals surface area contributed by atoms with Crippen molar-refractivity contribution in [3.05, 3.63) is 36.0 Å². The summed E-state index contributed by atoms with van der Waals surface area (Å²) in [5.41, 5.74) is 1.40. The molecule has 0 saturated carbocycles. The van der Waals surface area contributed by atoms with Gasteiger partial charge in [-0.25, -0.2) is 0 Å². The van der Waals surface area contributed by atoms with Crippen molar-refractivity contribution in [1.29, 1.82) is 0 Å². The van der Waals surface area contributed by atoms with Crippen LogP contribution in [0.25, 0.3) is 0 Å². The Kier molecular flexibility index (Phi) is 5.85. The number of rotatable bonds is 3. The lowest BCUT2D eigenvalue weighted by Crippen LogP contribution is -1.69. The van der Waals surface area contributed by atoms with Crippen LogP contribution in [-0.4, -0.2) is 0 Å². The Morgan fingerprint density at radius 2 is 1.90 bits per heavy atom. The fraction of sp³-hybridized carbons (Fsp3) is 0.400. The molecule has 0 saturated heterocycles. The molecule has 0 spiro atoms. The van der Waals surface area contributed by atoms with Crippen LogP contribution in [0.1, 0.15) is 27.2 Å². The van der Waals surface area contributed by atoms with E-state index in [1.807, 2.05) is 19.9 Å². The van der Waals surface area contributed by atoms with Gasteiger partial charge >= 0.3 is 0 Å². The van der Waals surface area contributed by atoms with Crippen LogP contribution in [0.4, 0.5) is 0 Å². The van der Waals surface area contributed by atoms with Crippen LogP contribution >= 0.6 is 0 Å². The molecule has 0 aromatic rings. The standard InChI is InChI=1S/C10H16/c1-4-6-8-10(3)9-7-5-2/h4-8H,9H2,1-3H3/b6-4+,7-5-,10-8-. The Morgan fingerprint density at radius 3 is 2.40 bits per heavy atom. The molecule has 0 fully saturated rings. The summed E-state index contributed by atoms with van der Waals surface area (Å²) in [7, 11) is 0. The van der Waals surface area contributed by atoms with Crippen LogP contribution in [0.15, 0.2) is 36.0 Å². The fourth-order valence-electron chi connectivity index (χ4n) is 0.632. The molecule has 0 heterocycles. The SMILES string of the molecule is C/C=C\C/C(C)=C\C=C\C. The van der Waals surface area contributed by atoms with Crippen molar-refractivity contribution in [2.45, 2.75) is 27.2 Å². The molecule has 0 atom stereocenters. The highest BCUT2D eigenvalue weighted by Gasteiger charge is 1.79. The van der Waals surface area contributed by atoms with Crippen molar-refractivity contribution in [3.8, 4) is 0 Å². The van der Waals surface area contributed by atoms with E-state index in [0.717, 1.165) is 6.42 Å². The van der Waals surface area contributed by atoms with Gasteiger partial charge in [-0.1, -0.05) is 36.0 Å². The summed E-state index contributed by atoms with van der Waals surface area (Å²) in [5, 5.41) is 0. The second-order valence-corrected chi connectivity index (χ2v) is 2.31. The highest BCUT2D eigenvalue weighted by atomic mass is 13.9. The normalized spacial score (nSPS) is 13.7. The largest absolute Gasteiger partial charge is 0.0913 e. The lowest BCUT2D eigenvalue weighted by molar-refractivity contribution is 1.21. The topological polar surface area (TPSA) is 0 Å². The summed E-state index contributed by atoms with van der Waals surface area (Å²) in [4.78, 5) is 0. The zero-order valence-electron chi connectivity index (χ0n) is 7.09. The van der Waals surface area contributed by atoms with E-state index in [2.05, 4.69) is 31.2 Å². The van der Waals surface area contributed by atoms with E-state index in [4.69, 9.17) is 0 Å². The molecule has 0 rings (SSSR count). The summed E-state index contributed by atoms with van der Waals surface area (Å²) in [6, 6.07) is 0. The fourth-order valence-corrected chi connectivity index (χ4v) is 0.632. The zero-order valence-corrected chi connectivity index (χ0v) is 7.09. The molecule has 56 valence electrons. The van der Waals surface area contributed by atoms with Crippen LogP contribution in [0.3, 0.4) is 0 Å². The van der Waals surface area contributed by atoms with Gasteiger partial charge in [-0.15, -0.1) is 0 Å². The molecular formula is C10H16. The predicted molar refractivity (Wildman–Crippen MR) is 48.0 cm³/mol. The minimum absolute atomic E-state index is 1.07. The van der Waals surface area contributed by atoms with Gasteiger partial charge in [0.05, 0.1) is 0 Å². The first-order valence-corrected chi connectivity index (χ1v) is 3.71. The van der Waals surface area contributed by atoms with Crippen molar-refractivity contribution in [3.63, 3.8) is 0 Å². The first-order chi connectivity index (χ1) is 4.81. The lowest BCUT2D eigenvalue weighted by atomic mass is 10.2. The van der Waals surface area contributed by atoms with Crippen LogP contribution < -0.4 is 0 Å². The molecule has 0 aromatic heterocycles. The first kappa shape index (κ1) is 9.22. The van der Waals surface area contributed by atoms with Gasteiger partial charge in [0.1, 0.15) is 0 Å². The molecule has 0 aliphatic rings. The van der Waals surface area contributed by atoms with Gasteiger partial charge in [-0.05, 0) is 27.2 Å². The second kappa shape index (κ2) is 6.34. The Hall–Kier alpha value is -0.780. The summed E-state index contributed by atoms with van der Waals surface area (Å²) in [6.45, 7) is 6.21. The minimum Gasteiger partial charge on any atom is -0.0913 e. The van der Waals surface area contributed by atoms with E-state index in [9.17, 15) is 0 Å². The van der Waals surface area contributed by atoms with E-state index in [1.165, 1.54) is 5.57 Å². The molecule has 0 N–H and O–H groups in total. The molecule has 0 amide bonds. The van der Waals surface area contributed by atoms with Crippen molar-refractivity contribution >= 4 is 0 Å². The second-order valence-electron chi connectivity index (χ2n) is 2.31. The maximum absolute atomic E-state index is 2.16. The average Bonchev–Trinajstić information content (AvgIpc) is 1.97. The first-order valence-electron chi connectivity index (χ1n) is 3.71. The summed E-state index contributed by atoms with van der Waals surface area (Å²) in [5.74, 6) is 0. The maximum atomic E-state index is 2.16. The molecule has 0 aliphatic carbocycles. The van der Waals surface area contributed by atoms with Crippen LogP contribution in [0.5, 0.6) is 0 Å². The number of hydrogen-bond donors (Lipinski definition) is 0. The van der Waals surface area contributed by atoms with Gasteiger partial charge in [0.25, 0.3) is 0 Å². The molecule has 0 unspecified atom stereocenters. The molecule has 0 heteroatoms. The maximum Gasteiger partial charge on any atom is -0.0139 e. The lowest BCUT2D eigenvalue weighted by Gasteiger charge is -1.90. The van der Waals surface area contributed by atoms with Crippen molar-refractivity contribution < 1.29 is 0 Å².